The molecule has 12 heteroatoms. The zero-order chi connectivity index (χ0) is 29.8. The highest BCUT2D eigenvalue weighted by Crippen LogP contribution is 2.45. The van der Waals surface area contributed by atoms with Gasteiger partial charge in [0, 0.05) is 36.3 Å². The summed E-state index contributed by atoms with van der Waals surface area (Å²) in [6, 6.07) is 6.18. The Morgan fingerprint density at radius 1 is 0.976 bits per heavy atom. The van der Waals surface area contributed by atoms with Crippen LogP contribution in [0, 0.1) is 5.82 Å². The molecule has 1 amide bonds. The van der Waals surface area contributed by atoms with E-state index in [1.807, 2.05) is 0 Å². The van der Waals surface area contributed by atoms with Gasteiger partial charge in [-0.15, -0.1) is 13.2 Å². The van der Waals surface area contributed by atoms with Crippen molar-refractivity contribution in [3.05, 3.63) is 57.9 Å². The van der Waals surface area contributed by atoms with Gasteiger partial charge >= 0.3 is 12.3 Å². The summed E-state index contributed by atoms with van der Waals surface area (Å²) in [6.45, 7) is 0.809. The van der Waals surface area contributed by atoms with Gasteiger partial charge in [-0.2, -0.15) is 0 Å². The highest BCUT2D eigenvalue weighted by molar-refractivity contribution is 6.30. The van der Waals surface area contributed by atoms with Crippen LogP contribution in [0.2, 0.25) is 5.02 Å². The van der Waals surface area contributed by atoms with Crippen LogP contribution in [-0.2, 0) is 11.3 Å². The Balaban J connectivity index is 1.16. The van der Waals surface area contributed by atoms with Crippen molar-refractivity contribution in [1.29, 1.82) is 0 Å². The fraction of sp³-hybridized carbons (Fsp3) is 0.533. The number of carbonyl (C=O) groups is 2. The fourth-order valence-electron chi connectivity index (χ4n) is 6.89. The average Bonchev–Trinajstić information content (AvgIpc) is 3.56. The Bertz CT molecular complexity index is 1370. The monoisotopic (exact) mass is 610 g/mol. The third kappa shape index (κ3) is 6.17. The van der Waals surface area contributed by atoms with Crippen LogP contribution in [0.25, 0.3) is 0 Å². The van der Waals surface area contributed by atoms with Crippen molar-refractivity contribution >= 4 is 23.5 Å². The van der Waals surface area contributed by atoms with Gasteiger partial charge in [0.15, 0.2) is 0 Å². The van der Waals surface area contributed by atoms with E-state index in [1.165, 1.54) is 23.1 Å². The first-order valence-electron chi connectivity index (χ1n) is 14.3. The third-order valence-electron chi connectivity index (χ3n) is 8.85. The number of alkyl halides is 3. The number of rotatable bonds is 8. The van der Waals surface area contributed by atoms with Crippen molar-refractivity contribution in [2.45, 2.75) is 94.4 Å². The van der Waals surface area contributed by atoms with Gasteiger partial charge in [-0.3, -0.25) is 9.69 Å². The molecule has 4 aliphatic rings. The zero-order valence-electron chi connectivity index (χ0n) is 22.7. The maximum atomic E-state index is 15.5. The van der Waals surface area contributed by atoms with Crippen LogP contribution in [0.15, 0.2) is 30.3 Å². The largest absolute Gasteiger partial charge is 0.573 e. The molecule has 7 nitrogen and oxygen atoms in total. The van der Waals surface area contributed by atoms with Crippen molar-refractivity contribution in [3.63, 3.8) is 0 Å². The normalized spacial score (nSPS) is 26.0. The second kappa shape index (κ2) is 11.2. The summed E-state index contributed by atoms with van der Waals surface area (Å²) in [7, 11) is 0. The molecular formula is C30H31ClF4N2O5. The molecule has 2 aromatic rings. The van der Waals surface area contributed by atoms with E-state index < -0.39 is 35.8 Å². The highest BCUT2D eigenvalue weighted by atomic mass is 35.5. The van der Waals surface area contributed by atoms with Crippen molar-refractivity contribution in [3.8, 4) is 11.5 Å². The minimum Gasteiger partial charge on any atom is -0.490 e. The first-order valence-corrected chi connectivity index (χ1v) is 14.7. The molecule has 2 bridgehead atoms. The van der Waals surface area contributed by atoms with Crippen molar-refractivity contribution < 1.29 is 41.7 Å². The molecule has 1 aliphatic carbocycles. The molecule has 0 spiro atoms. The predicted molar refractivity (Wildman–Crippen MR) is 144 cm³/mol. The van der Waals surface area contributed by atoms with Crippen LogP contribution in [0.3, 0.4) is 0 Å². The minimum atomic E-state index is -4.84. The number of carbonyl (C=O) groups excluding carboxylic acids is 1. The van der Waals surface area contributed by atoms with Gasteiger partial charge in [0.05, 0.1) is 5.56 Å². The number of amides is 1. The van der Waals surface area contributed by atoms with Crippen LogP contribution in [0.4, 0.5) is 17.6 Å². The van der Waals surface area contributed by atoms with E-state index >= 15 is 4.39 Å². The summed E-state index contributed by atoms with van der Waals surface area (Å²) in [5.74, 6) is -2.28. The summed E-state index contributed by atoms with van der Waals surface area (Å²) in [4.78, 5) is 28.4. The van der Waals surface area contributed by atoms with Crippen LogP contribution in [0.1, 0.15) is 78.8 Å². The van der Waals surface area contributed by atoms with Crippen molar-refractivity contribution in [1.82, 2.24) is 9.80 Å². The van der Waals surface area contributed by atoms with Gasteiger partial charge in [-0.25, -0.2) is 9.18 Å². The number of likely N-dealkylation sites (tertiary alicyclic amines) is 1. The lowest BCUT2D eigenvalue weighted by molar-refractivity contribution is -0.274. The van der Waals surface area contributed by atoms with Gasteiger partial charge in [-0.05, 0) is 92.7 Å². The summed E-state index contributed by atoms with van der Waals surface area (Å²) >= 11 is 6.01. The smallest absolute Gasteiger partial charge is 0.490 e. The molecule has 1 saturated carbocycles. The van der Waals surface area contributed by atoms with Gasteiger partial charge in [-0.1, -0.05) is 11.6 Å². The lowest BCUT2D eigenvalue weighted by atomic mass is 9.95. The maximum Gasteiger partial charge on any atom is 0.573 e. The number of aliphatic carboxylic acids is 1. The number of hydrogen-bond donors (Lipinski definition) is 1. The van der Waals surface area contributed by atoms with Crippen LogP contribution < -0.4 is 9.47 Å². The molecule has 6 rings (SSSR count). The first kappa shape index (κ1) is 29.0. The number of ether oxygens (including phenoxy) is 2. The maximum absolute atomic E-state index is 15.5. The molecule has 42 heavy (non-hydrogen) atoms. The number of carboxylic acid groups (broad SMARTS) is 1. The van der Waals surface area contributed by atoms with Gasteiger partial charge in [0.2, 0.25) is 0 Å². The molecular weight excluding hydrogens is 580 g/mol. The van der Waals surface area contributed by atoms with E-state index in [1.54, 1.807) is 6.07 Å². The second-order valence-electron chi connectivity index (χ2n) is 11.7. The molecule has 2 aromatic carbocycles. The van der Waals surface area contributed by atoms with E-state index in [0.717, 1.165) is 42.9 Å². The lowest BCUT2D eigenvalue weighted by Gasteiger charge is -2.39. The van der Waals surface area contributed by atoms with Crippen LogP contribution in [0.5, 0.6) is 11.5 Å². The second-order valence-corrected chi connectivity index (χ2v) is 12.2. The Kier molecular flexibility index (Phi) is 7.76. The van der Waals surface area contributed by atoms with Crippen molar-refractivity contribution in [2.75, 3.05) is 6.54 Å². The molecule has 4 fully saturated rings. The molecule has 0 radical (unpaired) electrons. The molecule has 0 aromatic heterocycles. The quantitative estimate of drug-likeness (QED) is 0.343. The van der Waals surface area contributed by atoms with E-state index in [2.05, 4.69) is 9.64 Å². The van der Waals surface area contributed by atoms with Crippen LogP contribution >= 0.6 is 11.6 Å². The fourth-order valence-corrected chi connectivity index (χ4v) is 7.11. The molecule has 3 aliphatic heterocycles. The Hall–Kier alpha value is -3.05. The number of carboxylic acids is 1. The molecule has 1 unspecified atom stereocenters. The Morgan fingerprint density at radius 3 is 2.31 bits per heavy atom. The summed E-state index contributed by atoms with van der Waals surface area (Å²) < 4.78 is 63.7. The molecule has 3 heterocycles. The summed E-state index contributed by atoms with van der Waals surface area (Å²) in [6.07, 6.45) is 0.927. The molecule has 3 saturated heterocycles. The molecule has 226 valence electrons. The number of fused-ring (bicyclic) bond motifs is 2. The topological polar surface area (TPSA) is 79.3 Å². The number of hydrogen-bond acceptors (Lipinski definition) is 5. The minimum absolute atomic E-state index is 0.0701. The lowest BCUT2D eigenvalue weighted by Crippen LogP contribution is -2.46. The Labute approximate surface area is 245 Å². The van der Waals surface area contributed by atoms with E-state index in [0.29, 0.717) is 38.8 Å². The number of halogens is 5. The standard InChI is InChI=1S/C30H31ClF4N2O5/c31-18-9-21(13-23(10-18)42-30(33,34)35)41-22-11-19-5-6-20(12-22)37(19)15-17-8-26(32)25(14-24(17)16-3-4-16)28(38)36-7-1-2-27(36)29(39)40/h8-10,13-14,16,19-20,22,27H,1-7,11-12,15H2,(H,39,40)/t19-,20-,27?/m0/s1. The van der Waals surface area contributed by atoms with E-state index in [9.17, 15) is 27.9 Å². The zero-order valence-corrected chi connectivity index (χ0v) is 23.5. The summed E-state index contributed by atoms with van der Waals surface area (Å²) in [5, 5.41) is 9.57. The summed E-state index contributed by atoms with van der Waals surface area (Å²) in [5.41, 5.74) is 1.71. The number of piperidine rings is 1. The van der Waals surface area contributed by atoms with Gasteiger partial charge in [0.25, 0.3) is 5.91 Å². The Morgan fingerprint density at radius 2 is 1.67 bits per heavy atom. The third-order valence-corrected chi connectivity index (χ3v) is 9.07. The van der Waals surface area contributed by atoms with Gasteiger partial charge < -0.3 is 19.5 Å². The number of benzene rings is 2. The average molecular weight is 611 g/mol. The molecule has 3 atom stereocenters. The predicted octanol–water partition coefficient (Wildman–Crippen LogP) is 6.52. The SMILES string of the molecule is O=C(O)C1CCCN1C(=O)c1cc(C2CC2)c(CN2[C@H]3CC[C@H]2CC(Oc2cc(Cl)cc(OC(F)(F)F)c2)C3)cc1F. The molecule has 1 N–H and O–H groups in total. The first-order chi connectivity index (χ1) is 19.9. The number of nitrogens with zero attached hydrogens (tertiary/aromatic N) is 2. The van der Waals surface area contributed by atoms with Crippen molar-refractivity contribution in [2.24, 2.45) is 0 Å². The van der Waals surface area contributed by atoms with Crippen LogP contribution in [-0.4, -0.2) is 63.9 Å². The van der Waals surface area contributed by atoms with E-state index in [-0.39, 0.29) is 40.4 Å². The highest BCUT2D eigenvalue weighted by Gasteiger charge is 2.43. The van der Waals surface area contributed by atoms with E-state index in [4.69, 9.17) is 16.3 Å². The van der Waals surface area contributed by atoms with Gasteiger partial charge in [0.1, 0.15) is 29.5 Å².